The Labute approximate surface area is 195 Å². The molecule has 0 spiro atoms. The normalized spacial score (nSPS) is 13.4. The van der Waals surface area contributed by atoms with E-state index in [9.17, 15) is 14.4 Å². The highest BCUT2D eigenvalue weighted by molar-refractivity contribution is 6.36. The van der Waals surface area contributed by atoms with Crippen LogP contribution in [0.4, 0.5) is 5.69 Å². The van der Waals surface area contributed by atoms with Crippen LogP contribution >= 0.6 is 23.2 Å². The zero-order chi connectivity index (χ0) is 23.0. The number of hydrogen-bond acceptors (Lipinski definition) is 3. The topological polar surface area (TPSA) is 69.7 Å². The van der Waals surface area contributed by atoms with Crippen LogP contribution in [0.15, 0.2) is 54.6 Å². The molecule has 0 aliphatic carbocycles. The van der Waals surface area contributed by atoms with Crippen LogP contribution in [0.25, 0.3) is 10.8 Å². The van der Waals surface area contributed by atoms with Crippen molar-refractivity contribution in [2.75, 3.05) is 18.5 Å². The molecule has 164 valence electrons. The number of amides is 3. The molecule has 3 amide bonds. The van der Waals surface area contributed by atoms with E-state index in [0.29, 0.717) is 26.9 Å². The lowest BCUT2D eigenvalue weighted by Gasteiger charge is -2.30. The molecule has 0 fully saturated rings. The van der Waals surface area contributed by atoms with Gasteiger partial charge in [-0.1, -0.05) is 53.5 Å². The molecule has 8 heteroatoms. The molecular formula is C24H21Cl2N3O3. The van der Waals surface area contributed by atoms with Crippen molar-refractivity contribution in [3.63, 3.8) is 0 Å². The van der Waals surface area contributed by atoms with Gasteiger partial charge in [0.25, 0.3) is 5.91 Å². The summed E-state index contributed by atoms with van der Waals surface area (Å²) in [6.45, 7) is 1.45. The number of carbonyl (C=O) groups is 3. The highest BCUT2D eigenvalue weighted by atomic mass is 35.5. The van der Waals surface area contributed by atoms with Gasteiger partial charge in [-0.05, 0) is 36.6 Å². The second kappa shape index (κ2) is 8.81. The second-order valence-corrected chi connectivity index (χ2v) is 8.40. The average molecular weight is 470 g/mol. The lowest BCUT2D eigenvalue weighted by atomic mass is 10.1. The number of carbonyl (C=O) groups excluding carboxylic acids is 3. The van der Waals surface area contributed by atoms with Gasteiger partial charge in [0.15, 0.2) is 0 Å². The molecule has 1 aliphatic heterocycles. The number of hydrogen-bond donors (Lipinski definition) is 1. The Morgan fingerprint density at radius 1 is 1.03 bits per heavy atom. The fourth-order valence-electron chi connectivity index (χ4n) is 4.01. The van der Waals surface area contributed by atoms with Gasteiger partial charge in [0.05, 0.1) is 5.69 Å². The minimum atomic E-state index is -0.796. The van der Waals surface area contributed by atoms with Crippen molar-refractivity contribution in [2.24, 2.45) is 0 Å². The average Bonchev–Trinajstić information content (AvgIpc) is 3.06. The molecule has 6 nitrogen and oxygen atoms in total. The smallest absolute Gasteiger partial charge is 0.259 e. The number of likely N-dealkylation sites (N-methyl/N-ethyl adjacent to an activating group) is 1. The molecule has 4 rings (SSSR count). The van der Waals surface area contributed by atoms with E-state index in [1.807, 2.05) is 30.3 Å². The molecule has 1 heterocycles. The molecular weight excluding hydrogens is 449 g/mol. The molecule has 3 aromatic rings. The monoisotopic (exact) mass is 469 g/mol. The van der Waals surface area contributed by atoms with Crippen LogP contribution in [0.3, 0.4) is 0 Å². The summed E-state index contributed by atoms with van der Waals surface area (Å²) in [4.78, 5) is 41.8. The van der Waals surface area contributed by atoms with Crippen molar-refractivity contribution >= 4 is 57.4 Å². The minimum absolute atomic E-state index is 0.0328. The summed E-state index contributed by atoms with van der Waals surface area (Å²) in [5.41, 5.74) is 1.78. The van der Waals surface area contributed by atoms with E-state index < -0.39 is 11.9 Å². The van der Waals surface area contributed by atoms with Crippen LogP contribution in [-0.2, 0) is 16.1 Å². The third-order valence-corrected chi connectivity index (χ3v) is 6.45. The molecule has 1 atom stereocenters. The fraction of sp³-hybridized carbons (Fsp3) is 0.208. The molecule has 1 N–H and O–H groups in total. The van der Waals surface area contributed by atoms with Gasteiger partial charge >= 0.3 is 0 Å². The lowest BCUT2D eigenvalue weighted by Crippen LogP contribution is -2.50. The van der Waals surface area contributed by atoms with Crippen molar-refractivity contribution in [1.29, 1.82) is 0 Å². The first-order valence-corrected chi connectivity index (χ1v) is 10.9. The van der Waals surface area contributed by atoms with Gasteiger partial charge < -0.3 is 10.2 Å². The number of rotatable bonds is 6. The van der Waals surface area contributed by atoms with Crippen molar-refractivity contribution in [3.05, 3.63) is 75.8 Å². The molecule has 0 bridgehead atoms. The van der Waals surface area contributed by atoms with E-state index in [0.717, 1.165) is 10.8 Å². The Hall–Kier alpha value is -3.09. The lowest BCUT2D eigenvalue weighted by molar-refractivity contribution is -0.139. The van der Waals surface area contributed by atoms with Gasteiger partial charge in [0.2, 0.25) is 11.8 Å². The molecule has 0 saturated heterocycles. The van der Waals surface area contributed by atoms with Gasteiger partial charge in [0.1, 0.15) is 12.6 Å². The van der Waals surface area contributed by atoms with Crippen LogP contribution in [0, 0.1) is 0 Å². The number of nitrogens with zero attached hydrogens (tertiary/aromatic N) is 2. The first-order chi connectivity index (χ1) is 15.3. The van der Waals surface area contributed by atoms with Crippen LogP contribution < -0.4 is 10.2 Å². The van der Waals surface area contributed by atoms with Gasteiger partial charge in [-0.15, -0.1) is 0 Å². The third-order valence-electron chi connectivity index (χ3n) is 5.75. The van der Waals surface area contributed by atoms with Crippen molar-refractivity contribution in [1.82, 2.24) is 10.2 Å². The number of nitrogens with one attached hydrogen (secondary N) is 1. The Bertz CT molecular complexity index is 1220. The largest absolute Gasteiger partial charge is 0.357 e. The van der Waals surface area contributed by atoms with Gasteiger partial charge in [-0.25, -0.2) is 0 Å². The summed E-state index contributed by atoms with van der Waals surface area (Å²) in [5.74, 6) is -0.969. The van der Waals surface area contributed by atoms with Gasteiger partial charge in [0, 0.05) is 40.2 Å². The molecule has 32 heavy (non-hydrogen) atoms. The van der Waals surface area contributed by atoms with E-state index in [1.54, 1.807) is 31.2 Å². The minimum Gasteiger partial charge on any atom is -0.357 e. The maximum atomic E-state index is 13.5. The van der Waals surface area contributed by atoms with E-state index in [2.05, 4.69) is 5.32 Å². The predicted octanol–water partition coefficient (Wildman–Crippen LogP) is 4.27. The summed E-state index contributed by atoms with van der Waals surface area (Å²) in [7, 11) is 1.51. The molecule has 1 aliphatic rings. The number of benzene rings is 3. The SMILES string of the molecule is CNC(=O)[C@H](C)N(Cc1c(Cl)cccc1Cl)C(=O)CN1C(=O)c2cccc3cccc1c23. The van der Waals surface area contributed by atoms with Crippen LogP contribution in [0.5, 0.6) is 0 Å². The summed E-state index contributed by atoms with van der Waals surface area (Å²) in [5, 5.41) is 5.12. The highest BCUT2D eigenvalue weighted by Gasteiger charge is 2.34. The predicted molar refractivity (Wildman–Crippen MR) is 126 cm³/mol. The quantitative estimate of drug-likeness (QED) is 0.585. The Morgan fingerprint density at radius 3 is 2.31 bits per heavy atom. The molecule has 3 aromatic carbocycles. The maximum absolute atomic E-state index is 13.5. The van der Waals surface area contributed by atoms with E-state index in [1.165, 1.54) is 16.8 Å². The fourth-order valence-corrected chi connectivity index (χ4v) is 4.52. The van der Waals surface area contributed by atoms with Crippen LogP contribution in [0.2, 0.25) is 10.0 Å². The first kappa shape index (κ1) is 22.1. The van der Waals surface area contributed by atoms with E-state index in [-0.39, 0.29) is 24.9 Å². The number of halogens is 2. The van der Waals surface area contributed by atoms with E-state index >= 15 is 0 Å². The van der Waals surface area contributed by atoms with Crippen molar-refractivity contribution in [2.45, 2.75) is 19.5 Å². The van der Waals surface area contributed by atoms with Crippen LogP contribution in [-0.4, -0.2) is 42.3 Å². The van der Waals surface area contributed by atoms with Crippen molar-refractivity contribution < 1.29 is 14.4 Å². The maximum Gasteiger partial charge on any atom is 0.259 e. The molecule has 0 aromatic heterocycles. The Morgan fingerprint density at radius 2 is 1.66 bits per heavy atom. The zero-order valence-corrected chi connectivity index (χ0v) is 19.1. The third kappa shape index (κ3) is 3.80. The summed E-state index contributed by atoms with van der Waals surface area (Å²) < 4.78 is 0. The number of anilines is 1. The molecule has 0 unspecified atom stereocenters. The standard InChI is InChI=1S/C24H21Cl2N3O3/c1-14(23(31)27-2)28(12-17-18(25)9-5-10-19(17)26)21(30)13-29-20-11-4-7-15-6-3-8-16(22(15)20)24(29)32/h3-11,14H,12-13H2,1-2H3,(H,27,31)/t14-/m0/s1. The Kier molecular flexibility index (Phi) is 6.09. The summed E-state index contributed by atoms with van der Waals surface area (Å²) in [6, 6.07) is 15.4. The van der Waals surface area contributed by atoms with Gasteiger partial charge in [-0.3, -0.25) is 19.3 Å². The van der Waals surface area contributed by atoms with E-state index in [4.69, 9.17) is 23.2 Å². The summed E-state index contributed by atoms with van der Waals surface area (Å²) in [6.07, 6.45) is 0. The molecule has 0 saturated carbocycles. The van der Waals surface area contributed by atoms with Crippen molar-refractivity contribution in [3.8, 4) is 0 Å². The molecule has 0 radical (unpaired) electrons. The van der Waals surface area contributed by atoms with Gasteiger partial charge in [-0.2, -0.15) is 0 Å². The summed E-state index contributed by atoms with van der Waals surface area (Å²) >= 11 is 12.6. The Balaban J connectivity index is 1.67. The first-order valence-electron chi connectivity index (χ1n) is 10.1. The highest BCUT2D eigenvalue weighted by Crippen LogP contribution is 2.37. The second-order valence-electron chi connectivity index (χ2n) is 7.58. The van der Waals surface area contributed by atoms with Crippen LogP contribution in [0.1, 0.15) is 22.8 Å². The zero-order valence-electron chi connectivity index (χ0n) is 17.6.